The number of aromatic nitrogens is 1. The molecular formula is C18H19N3O4. The van der Waals surface area contributed by atoms with Crippen molar-refractivity contribution >= 4 is 17.6 Å². The van der Waals surface area contributed by atoms with Crippen molar-refractivity contribution < 1.29 is 19.4 Å². The Hall–Kier alpha value is -3.09. The zero-order valence-electron chi connectivity index (χ0n) is 13.9. The third-order valence-corrected chi connectivity index (χ3v) is 3.81. The molecule has 0 radical (unpaired) electrons. The van der Waals surface area contributed by atoms with Crippen molar-refractivity contribution in [2.45, 2.75) is 25.8 Å². The molecule has 25 heavy (non-hydrogen) atoms. The number of anilines is 1. The van der Waals surface area contributed by atoms with E-state index in [1.807, 2.05) is 13.8 Å². The Morgan fingerprint density at radius 1 is 1.28 bits per heavy atom. The van der Waals surface area contributed by atoms with Gasteiger partial charge in [0.05, 0.1) is 0 Å². The summed E-state index contributed by atoms with van der Waals surface area (Å²) in [4.78, 5) is 27.4. The van der Waals surface area contributed by atoms with Crippen LogP contribution < -0.4 is 15.4 Å². The van der Waals surface area contributed by atoms with E-state index in [-0.39, 0.29) is 17.6 Å². The van der Waals surface area contributed by atoms with Crippen LogP contribution in [-0.4, -0.2) is 34.6 Å². The number of hydrogen-bond donors (Lipinski definition) is 3. The molecule has 0 saturated heterocycles. The lowest BCUT2D eigenvalue weighted by Crippen LogP contribution is -2.30. The number of carbonyl (C=O) groups excluding carboxylic acids is 1. The van der Waals surface area contributed by atoms with E-state index in [1.165, 1.54) is 6.20 Å². The van der Waals surface area contributed by atoms with Crippen molar-refractivity contribution in [3.05, 3.63) is 47.8 Å². The number of rotatable bonds is 5. The number of hydrogen-bond acceptors (Lipinski definition) is 5. The fourth-order valence-electron chi connectivity index (χ4n) is 2.67. The molecule has 7 nitrogen and oxygen atoms in total. The predicted octanol–water partition coefficient (Wildman–Crippen LogP) is 2.61. The van der Waals surface area contributed by atoms with E-state index in [1.54, 1.807) is 30.3 Å². The van der Waals surface area contributed by atoms with Gasteiger partial charge in [-0.05, 0) is 43.7 Å². The van der Waals surface area contributed by atoms with Crippen molar-refractivity contribution in [2.75, 3.05) is 11.9 Å². The van der Waals surface area contributed by atoms with Crippen LogP contribution in [0.3, 0.4) is 0 Å². The molecule has 3 N–H and O–H groups in total. The van der Waals surface area contributed by atoms with Gasteiger partial charge in [-0.2, -0.15) is 0 Å². The van der Waals surface area contributed by atoms with Gasteiger partial charge < -0.3 is 20.5 Å². The maximum Gasteiger partial charge on any atom is 0.312 e. The minimum Gasteiger partial charge on any atom is -0.481 e. The van der Waals surface area contributed by atoms with Crippen LogP contribution in [0.4, 0.5) is 5.69 Å². The van der Waals surface area contributed by atoms with Crippen molar-refractivity contribution in [2.24, 2.45) is 0 Å². The number of aliphatic carboxylic acids is 1. The molecule has 0 bridgehead atoms. The van der Waals surface area contributed by atoms with Gasteiger partial charge in [0.1, 0.15) is 23.1 Å². The van der Waals surface area contributed by atoms with Gasteiger partial charge in [0.2, 0.25) is 0 Å². The van der Waals surface area contributed by atoms with E-state index >= 15 is 0 Å². The fourth-order valence-corrected chi connectivity index (χ4v) is 2.67. The predicted molar refractivity (Wildman–Crippen MR) is 92.2 cm³/mol. The number of ether oxygens (including phenoxy) is 1. The molecule has 2 heterocycles. The summed E-state index contributed by atoms with van der Waals surface area (Å²) >= 11 is 0. The molecule has 0 spiro atoms. The first kappa shape index (κ1) is 16.8. The Kier molecular flexibility index (Phi) is 4.56. The first-order valence-corrected chi connectivity index (χ1v) is 7.99. The number of amides is 1. The second-order valence-corrected chi connectivity index (χ2v) is 6.13. The molecule has 1 aromatic heterocycles. The highest BCUT2D eigenvalue weighted by Gasteiger charge is 2.28. The summed E-state index contributed by atoms with van der Waals surface area (Å²) in [7, 11) is 0. The average molecular weight is 341 g/mol. The highest BCUT2D eigenvalue weighted by molar-refractivity contribution is 5.92. The second kappa shape index (κ2) is 6.80. The number of nitrogens with zero attached hydrogens (tertiary/aromatic N) is 1. The molecule has 7 heteroatoms. The van der Waals surface area contributed by atoms with E-state index in [0.717, 1.165) is 5.69 Å². The molecule has 2 aromatic rings. The Balaban J connectivity index is 1.81. The highest BCUT2D eigenvalue weighted by atomic mass is 16.5. The molecule has 0 saturated carbocycles. The summed E-state index contributed by atoms with van der Waals surface area (Å²) in [6, 6.07) is 8.47. The number of pyridine rings is 1. The Morgan fingerprint density at radius 3 is 2.76 bits per heavy atom. The maximum atomic E-state index is 12.0. The number of fused-ring (bicyclic) bond motifs is 1. The minimum absolute atomic E-state index is 0.0102. The van der Waals surface area contributed by atoms with E-state index in [2.05, 4.69) is 15.6 Å². The van der Waals surface area contributed by atoms with Crippen LogP contribution in [-0.2, 0) is 4.79 Å². The van der Waals surface area contributed by atoms with Gasteiger partial charge in [0.25, 0.3) is 5.91 Å². The van der Waals surface area contributed by atoms with E-state index in [4.69, 9.17) is 4.74 Å². The molecule has 1 aliphatic heterocycles. The van der Waals surface area contributed by atoms with E-state index in [9.17, 15) is 14.7 Å². The smallest absolute Gasteiger partial charge is 0.312 e. The number of nitrogens with one attached hydrogen (secondary N) is 2. The maximum absolute atomic E-state index is 12.0. The lowest BCUT2D eigenvalue weighted by atomic mass is 10.0. The number of carbonyl (C=O) groups is 2. The van der Waals surface area contributed by atoms with Gasteiger partial charge in [0, 0.05) is 30.5 Å². The molecule has 1 aromatic carbocycles. The van der Waals surface area contributed by atoms with E-state index < -0.39 is 11.9 Å². The van der Waals surface area contributed by atoms with Crippen LogP contribution in [0.25, 0.3) is 0 Å². The lowest BCUT2D eigenvalue weighted by Gasteiger charge is -2.11. The van der Waals surface area contributed by atoms with Crippen molar-refractivity contribution in [3.8, 4) is 11.5 Å². The molecule has 1 atom stereocenters. The molecule has 0 fully saturated rings. The molecule has 1 unspecified atom stereocenters. The average Bonchev–Trinajstić information content (AvgIpc) is 2.98. The molecule has 1 amide bonds. The first-order chi connectivity index (χ1) is 11.9. The summed E-state index contributed by atoms with van der Waals surface area (Å²) in [6.45, 7) is 4.11. The number of carboxylic acids is 1. The molecule has 0 aliphatic carbocycles. The van der Waals surface area contributed by atoms with E-state index in [0.29, 0.717) is 23.6 Å². The van der Waals surface area contributed by atoms with Crippen LogP contribution in [0.15, 0.2) is 36.5 Å². The molecule has 130 valence electrons. The number of carboxylic acid groups (broad SMARTS) is 1. The third kappa shape index (κ3) is 3.71. The van der Waals surface area contributed by atoms with Gasteiger partial charge in [-0.25, -0.2) is 0 Å². The fraction of sp³-hybridized carbons (Fsp3) is 0.278. The zero-order valence-corrected chi connectivity index (χ0v) is 13.9. The Labute approximate surface area is 145 Å². The van der Waals surface area contributed by atoms with Gasteiger partial charge in [-0.15, -0.1) is 0 Å². The molecular weight excluding hydrogens is 322 g/mol. The normalized spacial score (nSPS) is 15.4. The van der Waals surface area contributed by atoms with Crippen molar-refractivity contribution in [1.82, 2.24) is 10.3 Å². The largest absolute Gasteiger partial charge is 0.481 e. The minimum atomic E-state index is -0.875. The number of benzene rings is 1. The summed E-state index contributed by atoms with van der Waals surface area (Å²) in [5.74, 6) is -0.773. The Morgan fingerprint density at radius 2 is 2.04 bits per heavy atom. The quantitative estimate of drug-likeness (QED) is 0.773. The van der Waals surface area contributed by atoms with Gasteiger partial charge in [-0.3, -0.25) is 14.6 Å². The topological polar surface area (TPSA) is 101 Å². The van der Waals surface area contributed by atoms with Gasteiger partial charge in [-0.1, -0.05) is 0 Å². The van der Waals surface area contributed by atoms with Crippen LogP contribution in [0.5, 0.6) is 11.5 Å². The highest BCUT2D eigenvalue weighted by Crippen LogP contribution is 2.35. The monoisotopic (exact) mass is 341 g/mol. The zero-order chi connectivity index (χ0) is 18.0. The first-order valence-electron chi connectivity index (χ1n) is 7.99. The molecule has 1 aliphatic rings. The summed E-state index contributed by atoms with van der Waals surface area (Å²) < 4.78 is 5.79. The third-order valence-electron chi connectivity index (χ3n) is 3.81. The Bertz CT molecular complexity index is 820. The van der Waals surface area contributed by atoms with Crippen LogP contribution in [0.2, 0.25) is 0 Å². The summed E-state index contributed by atoms with van der Waals surface area (Å²) in [6.07, 6.45) is 1.50. The lowest BCUT2D eigenvalue weighted by molar-refractivity contribution is -0.138. The SMILES string of the molecule is CC(C)NC(=O)c1cc(Oc2ccc3c(c2)C(C(=O)O)CN3)ccn1. The standard InChI is InChI=1S/C18H19N3O4/c1-10(2)21-17(22)16-8-12(5-6-19-16)25-11-3-4-15-13(7-11)14(9-20-15)18(23)24/h3-8,10,14,20H,9H2,1-2H3,(H,21,22)(H,23,24). The van der Waals surface area contributed by atoms with Crippen molar-refractivity contribution in [3.63, 3.8) is 0 Å². The van der Waals surface area contributed by atoms with Gasteiger partial charge in [0.15, 0.2) is 0 Å². The summed E-state index contributed by atoms with van der Waals surface area (Å²) in [5.41, 5.74) is 1.75. The van der Waals surface area contributed by atoms with Crippen molar-refractivity contribution in [1.29, 1.82) is 0 Å². The summed E-state index contributed by atoms with van der Waals surface area (Å²) in [5, 5.41) is 15.1. The molecule has 3 rings (SSSR count). The van der Waals surface area contributed by atoms with Crippen LogP contribution >= 0.6 is 0 Å². The van der Waals surface area contributed by atoms with Crippen LogP contribution in [0.1, 0.15) is 35.8 Å². The van der Waals surface area contributed by atoms with Crippen LogP contribution in [0, 0.1) is 0 Å². The second-order valence-electron chi connectivity index (χ2n) is 6.13. The van der Waals surface area contributed by atoms with Gasteiger partial charge >= 0.3 is 5.97 Å².